The van der Waals surface area contributed by atoms with E-state index in [-0.39, 0.29) is 0 Å². The van der Waals surface area contributed by atoms with Gasteiger partial charge in [0, 0.05) is 5.75 Å². The van der Waals surface area contributed by atoms with Gasteiger partial charge in [-0.05, 0) is 31.2 Å². The average molecular weight is 239 g/mol. The Morgan fingerprint density at radius 2 is 2.20 bits per heavy atom. The van der Waals surface area contributed by atoms with E-state index in [1.54, 1.807) is 11.8 Å². The first-order valence-corrected chi connectivity index (χ1v) is 7.44. The molecule has 0 saturated carbocycles. The van der Waals surface area contributed by atoms with Crippen molar-refractivity contribution in [3.63, 3.8) is 0 Å². The first-order valence-electron chi connectivity index (χ1n) is 4.90. The highest BCUT2D eigenvalue weighted by molar-refractivity contribution is 8.13. The summed E-state index contributed by atoms with van der Waals surface area (Å²) in [5.74, 6) is 0.747. The van der Waals surface area contributed by atoms with Crippen LogP contribution in [0.3, 0.4) is 0 Å². The molecule has 1 atom stereocenters. The zero-order chi connectivity index (χ0) is 10.7. The summed E-state index contributed by atoms with van der Waals surface area (Å²) in [5, 5.41) is 1.14. The Hall–Kier alpha value is -0.610. The Kier molecular flexibility index (Phi) is 3.59. The molecule has 0 spiro atoms. The molecule has 1 aliphatic rings. The smallest absolute Gasteiger partial charge is 0.0800 e. The maximum absolute atomic E-state index is 11.9. The second-order valence-electron chi connectivity index (χ2n) is 3.33. The van der Waals surface area contributed by atoms with Gasteiger partial charge in [-0.3, -0.25) is 4.21 Å². The number of para-hydroxylation sites is 1. The van der Waals surface area contributed by atoms with Gasteiger partial charge in [-0.1, -0.05) is 12.1 Å². The van der Waals surface area contributed by atoms with Crippen molar-refractivity contribution in [2.24, 2.45) is 4.99 Å². The van der Waals surface area contributed by atoms with Crippen molar-refractivity contribution in [3.05, 3.63) is 24.3 Å². The van der Waals surface area contributed by atoms with Gasteiger partial charge >= 0.3 is 0 Å². The summed E-state index contributed by atoms with van der Waals surface area (Å²) in [5.41, 5.74) is 0.875. The molecule has 1 aliphatic heterocycles. The zero-order valence-electron chi connectivity index (χ0n) is 8.60. The molecule has 2 rings (SSSR count). The van der Waals surface area contributed by atoms with Gasteiger partial charge in [0.1, 0.15) is 0 Å². The molecular weight excluding hydrogens is 226 g/mol. The van der Waals surface area contributed by atoms with E-state index in [2.05, 4.69) is 4.99 Å². The van der Waals surface area contributed by atoms with Gasteiger partial charge in [-0.25, -0.2) is 4.99 Å². The summed E-state index contributed by atoms with van der Waals surface area (Å²) in [4.78, 5) is 5.43. The molecule has 0 radical (unpaired) electrons. The fraction of sp³-hybridized carbons (Fsp3) is 0.364. The number of nitrogens with zero attached hydrogens (tertiary/aromatic N) is 1. The molecule has 1 heterocycles. The van der Waals surface area contributed by atoms with Crippen molar-refractivity contribution < 1.29 is 4.21 Å². The molecule has 1 aromatic rings. The van der Waals surface area contributed by atoms with Gasteiger partial charge in [-0.15, -0.1) is 11.8 Å². The van der Waals surface area contributed by atoms with Crippen LogP contribution in [0.1, 0.15) is 12.8 Å². The van der Waals surface area contributed by atoms with Crippen LogP contribution in [0.4, 0.5) is 5.69 Å². The molecule has 80 valence electrons. The predicted molar refractivity (Wildman–Crippen MR) is 67.6 cm³/mol. The minimum Gasteiger partial charge on any atom is -0.254 e. The average Bonchev–Trinajstić information content (AvgIpc) is 2.25. The van der Waals surface area contributed by atoms with E-state index in [1.165, 1.54) is 0 Å². The van der Waals surface area contributed by atoms with Gasteiger partial charge < -0.3 is 0 Å². The largest absolute Gasteiger partial charge is 0.254 e. The van der Waals surface area contributed by atoms with Gasteiger partial charge in [0.05, 0.1) is 26.4 Å². The standard InChI is InChI=1S/C11H13NOS2/c1-14-11-7-4-8-15(13)10-6-3-2-5-9(10)12-11/h2-3,5-6H,4,7-8H2,1H3. The highest BCUT2D eigenvalue weighted by Crippen LogP contribution is 2.27. The lowest BCUT2D eigenvalue weighted by atomic mass is 10.3. The van der Waals surface area contributed by atoms with Crippen LogP contribution < -0.4 is 0 Å². The fourth-order valence-electron chi connectivity index (χ4n) is 1.54. The first kappa shape index (κ1) is 10.9. The Labute approximate surface area is 96.6 Å². The molecule has 0 saturated heterocycles. The van der Waals surface area contributed by atoms with Crippen LogP contribution >= 0.6 is 11.8 Å². The normalized spacial score (nSPS) is 21.1. The van der Waals surface area contributed by atoms with Crippen molar-refractivity contribution in [2.75, 3.05) is 12.0 Å². The van der Waals surface area contributed by atoms with Gasteiger partial charge in [0.15, 0.2) is 0 Å². The van der Waals surface area contributed by atoms with Gasteiger partial charge in [0.2, 0.25) is 0 Å². The third-order valence-electron chi connectivity index (χ3n) is 2.31. The van der Waals surface area contributed by atoms with Crippen molar-refractivity contribution in [3.8, 4) is 0 Å². The number of thioether (sulfide) groups is 1. The number of hydrogen-bond donors (Lipinski definition) is 0. The lowest BCUT2D eigenvalue weighted by Crippen LogP contribution is -2.04. The molecule has 2 nitrogen and oxygen atoms in total. The lowest BCUT2D eigenvalue weighted by Gasteiger charge is -2.11. The van der Waals surface area contributed by atoms with Crippen LogP contribution in [0.25, 0.3) is 0 Å². The first-order chi connectivity index (χ1) is 7.31. The maximum atomic E-state index is 11.9. The summed E-state index contributed by atoms with van der Waals surface area (Å²) in [6, 6.07) is 7.72. The summed E-state index contributed by atoms with van der Waals surface area (Å²) in [6.07, 6.45) is 3.95. The van der Waals surface area contributed by atoms with Crippen LogP contribution in [0, 0.1) is 0 Å². The SMILES string of the molecule is CSC1=Nc2ccccc2S(=O)CCC1. The summed E-state index contributed by atoms with van der Waals surface area (Å²) in [6.45, 7) is 0. The summed E-state index contributed by atoms with van der Waals surface area (Å²) in [7, 11) is -0.877. The Bertz CT molecular complexity index is 415. The third-order valence-corrected chi connectivity index (χ3v) is 4.57. The summed E-state index contributed by atoms with van der Waals surface area (Å²) >= 11 is 1.68. The van der Waals surface area contributed by atoms with Crippen molar-refractivity contribution in [1.82, 2.24) is 0 Å². The van der Waals surface area contributed by atoms with Gasteiger partial charge in [-0.2, -0.15) is 0 Å². The molecule has 0 N–H and O–H groups in total. The second-order valence-corrected chi connectivity index (χ2v) is 5.75. The molecule has 0 aliphatic carbocycles. The minimum absolute atomic E-state index is 0.747. The highest BCUT2D eigenvalue weighted by atomic mass is 32.2. The molecule has 0 amide bonds. The topological polar surface area (TPSA) is 29.4 Å². The van der Waals surface area contributed by atoms with E-state index in [9.17, 15) is 4.21 Å². The molecule has 1 unspecified atom stereocenters. The maximum Gasteiger partial charge on any atom is 0.0800 e. The Balaban J connectivity index is 2.48. The molecule has 15 heavy (non-hydrogen) atoms. The number of benzene rings is 1. The molecule has 0 bridgehead atoms. The number of rotatable bonds is 0. The van der Waals surface area contributed by atoms with E-state index < -0.39 is 10.8 Å². The third kappa shape index (κ3) is 2.49. The van der Waals surface area contributed by atoms with E-state index in [0.717, 1.165) is 34.2 Å². The fourth-order valence-corrected chi connectivity index (χ4v) is 3.29. The molecule has 0 aromatic heterocycles. The lowest BCUT2D eigenvalue weighted by molar-refractivity contribution is 0.681. The van der Waals surface area contributed by atoms with E-state index in [4.69, 9.17) is 0 Å². The van der Waals surface area contributed by atoms with Crippen LogP contribution in [-0.2, 0) is 10.8 Å². The minimum atomic E-state index is -0.877. The molecule has 1 aromatic carbocycles. The number of aliphatic imine (C=N–C) groups is 1. The van der Waals surface area contributed by atoms with Crippen LogP contribution in [0.5, 0.6) is 0 Å². The number of hydrogen-bond acceptors (Lipinski definition) is 3. The monoisotopic (exact) mass is 239 g/mol. The van der Waals surface area contributed by atoms with E-state index in [1.807, 2.05) is 30.5 Å². The zero-order valence-corrected chi connectivity index (χ0v) is 10.2. The van der Waals surface area contributed by atoms with Crippen molar-refractivity contribution in [2.45, 2.75) is 17.7 Å². The number of fused-ring (bicyclic) bond motifs is 1. The predicted octanol–water partition coefficient (Wildman–Crippen LogP) is 2.98. The van der Waals surface area contributed by atoms with Gasteiger partial charge in [0.25, 0.3) is 0 Å². The van der Waals surface area contributed by atoms with E-state index >= 15 is 0 Å². The summed E-state index contributed by atoms with van der Waals surface area (Å²) < 4.78 is 11.9. The highest BCUT2D eigenvalue weighted by Gasteiger charge is 2.13. The Morgan fingerprint density at radius 3 is 3.00 bits per heavy atom. The van der Waals surface area contributed by atoms with E-state index in [0.29, 0.717) is 0 Å². The quantitative estimate of drug-likeness (QED) is 0.696. The second kappa shape index (κ2) is 4.94. The molecule has 0 fully saturated rings. The van der Waals surface area contributed by atoms with Crippen LogP contribution in [-0.4, -0.2) is 21.3 Å². The Morgan fingerprint density at radius 1 is 1.40 bits per heavy atom. The van der Waals surface area contributed by atoms with Crippen molar-refractivity contribution >= 4 is 33.3 Å². The van der Waals surface area contributed by atoms with Crippen LogP contribution in [0.2, 0.25) is 0 Å². The molecular formula is C11H13NOS2. The van der Waals surface area contributed by atoms with Crippen molar-refractivity contribution in [1.29, 1.82) is 0 Å². The molecule has 4 heteroatoms. The van der Waals surface area contributed by atoms with Crippen LogP contribution in [0.15, 0.2) is 34.2 Å².